The Morgan fingerprint density at radius 3 is 2.43 bits per heavy atom. The standard InChI is InChI=1S/C21H35N3O4/c1-2-3-11-22-12-5-4-8-16-27-18-19-28-17-14-23-13-6-7-15-24-20(25)9-10-21(24)26/h4-6,9-10,13,22-23H,2-3,7-8,11-12,14-19H2,1H3. The third-order valence-electron chi connectivity index (χ3n) is 3.98. The van der Waals surface area contributed by atoms with Crippen molar-refractivity contribution >= 4 is 11.8 Å². The number of amides is 2. The number of carbonyl (C=O) groups is 2. The lowest BCUT2D eigenvalue weighted by molar-refractivity contribution is -0.136. The van der Waals surface area contributed by atoms with E-state index in [-0.39, 0.29) is 11.8 Å². The zero-order valence-corrected chi connectivity index (χ0v) is 17.0. The third-order valence-corrected chi connectivity index (χ3v) is 3.98. The molecule has 0 spiro atoms. The fourth-order valence-electron chi connectivity index (χ4n) is 2.40. The highest BCUT2D eigenvalue weighted by atomic mass is 16.5. The van der Waals surface area contributed by atoms with Gasteiger partial charge < -0.3 is 20.1 Å². The van der Waals surface area contributed by atoms with Gasteiger partial charge in [-0.15, -0.1) is 0 Å². The monoisotopic (exact) mass is 393 g/mol. The topological polar surface area (TPSA) is 79.9 Å². The van der Waals surface area contributed by atoms with Crippen molar-refractivity contribution < 1.29 is 19.1 Å². The van der Waals surface area contributed by atoms with Crippen LogP contribution in [0.25, 0.3) is 0 Å². The summed E-state index contributed by atoms with van der Waals surface area (Å²) < 4.78 is 11.0. The van der Waals surface area contributed by atoms with Crippen LogP contribution < -0.4 is 10.6 Å². The molecule has 0 fully saturated rings. The SMILES string of the molecule is CCCCNCC=CCCOCCOCCNC=CCCN1C(=O)C=CC1=O. The molecule has 0 saturated heterocycles. The minimum atomic E-state index is -0.239. The molecule has 7 nitrogen and oxygen atoms in total. The van der Waals surface area contributed by atoms with Crippen LogP contribution in [0.1, 0.15) is 32.6 Å². The lowest BCUT2D eigenvalue weighted by Gasteiger charge is -2.11. The van der Waals surface area contributed by atoms with Crippen molar-refractivity contribution in [2.45, 2.75) is 32.6 Å². The summed E-state index contributed by atoms with van der Waals surface area (Å²) in [6.45, 7) is 7.81. The van der Waals surface area contributed by atoms with Gasteiger partial charge in [0.15, 0.2) is 0 Å². The maximum atomic E-state index is 11.4. The average Bonchev–Trinajstić information content (AvgIpc) is 3.01. The van der Waals surface area contributed by atoms with Crippen LogP contribution in [0, 0.1) is 0 Å². The number of rotatable bonds is 18. The summed E-state index contributed by atoms with van der Waals surface area (Å²) in [5, 5.41) is 6.47. The Hall–Kier alpha value is -1.96. The number of imide groups is 1. The molecule has 0 radical (unpaired) electrons. The van der Waals surface area contributed by atoms with Crippen LogP contribution in [0.15, 0.2) is 36.6 Å². The molecular formula is C21H35N3O4. The number of ether oxygens (including phenoxy) is 2. The highest BCUT2D eigenvalue weighted by Gasteiger charge is 2.21. The van der Waals surface area contributed by atoms with E-state index >= 15 is 0 Å². The summed E-state index contributed by atoms with van der Waals surface area (Å²) in [5.41, 5.74) is 0. The first-order valence-electron chi connectivity index (χ1n) is 10.2. The van der Waals surface area contributed by atoms with Gasteiger partial charge in [-0.3, -0.25) is 14.5 Å². The van der Waals surface area contributed by atoms with Crippen molar-refractivity contribution in [1.82, 2.24) is 15.5 Å². The normalized spacial score (nSPS) is 14.2. The van der Waals surface area contributed by atoms with E-state index < -0.39 is 0 Å². The first kappa shape index (κ1) is 24.1. The van der Waals surface area contributed by atoms with Crippen LogP contribution in [-0.4, -0.2) is 69.3 Å². The molecule has 0 aromatic heterocycles. The Bertz CT molecular complexity index is 500. The van der Waals surface area contributed by atoms with Crippen LogP contribution >= 0.6 is 0 Å². The van der Waals surface area contributed by atoms with Gasteiger partial charge in [0.2, 0.25) is 0 Å². The van der Waals surface area contributed by atoms with Gasteiger partial charge in [-0.25, -0.2) is 0 Å². The number of hydrogen-bond donors (Lipinski definition) is 2. The van der Waals surface area contributed by atoms with Crippen molar-refractivity contribution in [2.75, 3.05) is 52.6 Å². The van der Waals surface area contributed by atoms with Gasteiger partial charge in [-0.2, -0.15) is 0 Å². The number of unbranched alkanes of at least 4 members (excludes halogenated alkanes) is 1. The van der Waals surface area contributed by atoms with Crippen LogP contribution in [0.2, 0.25) is 0 Å². The maximum absolute atomic E-state index is 11.4. The largest absolute Gasteiger partial charge is 0.389 e. The second kappa shape index (κ2) is 17.2. The van der Waals surface area contributed by atoms with Crippen LogP contribution in [0.5, 0.6) is 0 Å². The maximum Gasteiger partial charge on any atom is 0.253 e. The molecule has 1 aliphatic rings. The minimum Gasteiger partial charge on any atom is -0.389 e. The highest BCUT2D eigenvalue weighted by Crippen LogP contribution is 2.04. The average molecular weight is 394 g/mol. The molecule has 0 aliphatic carbocycles. The number of nitrogens with zero attached hydrogens (tertiary/aromatic N) is 1. The Balaban J connectivity index is 1.79. The van der Waals surface area contributed by atoms with E-state index in [0.29, 0.717) is 45.9 Å². The fourth-order valence-corrected chi connectivity index (χ4v) is 2.40. The van der Waals surface area contributed by atoms with Gasteiger partial charge in [0.05, 0.1) is 26.4 Å². The van der Waals surface area contributed by atoms with Crippen LogP contribution in [0.3, 0.4) is 0 Å². The minimum absolute atomic E-state index is 0.239. The molecule has 0 aromatic rings. The summed E-state index contributed by atoms with van der Waals surface area (Å²) in [7, 11) is 0. The predicted octanol–water partition coefficient (Wildman–Crippen LogP) is 1.77. The van der Waals surface area contributed by atoms with Gasteiger partial charge >= 0.3 is 0 Å². The molecule has 1 rings (SSSR count). The van der Waals surface area contributed by atoms with E-state index in [1.165, 1.54) is 29.9 Å². The van der Waals surface area contributed by atoms with Gasteiger partial charge in [0.25, 0.3) is 11.8 Å². The first-order valence-corrected chi connectivity index (χ1v) is 10.2. The fraction of sp³-hybridized carbons (Fsp3) is 0.619. The zero-order valence-electron chi connectivity index (χ0n) is 17.0. The molecule has 0 atom stereocenters. The molecule has 0 unspecified atom stereocenters. The highest BCUT2D eigenvalue weighted by molar-refractivity contribution is 6.12. The van der Waals surface area contributed by atoms with Crippen molar-refractivity contribution in [1.29, 1.82) is 0 Å². The number of hydrogen-bond acceptors (Lipinski definition) is 6. The smallest absolute Gasteiger partial charge is 0.253 e. The zero-order chi connectivity index (χ0) is 20.3. The van der Waals surface area contributed by atoms with Crippen LogP contribution in [-0.2, 0) is 19.1 Å². The summed E-state index contributed by atoms with van der Waals surface area (Å²) >= 11 is 0. The van der Waals surface area contributed by atoms with E-state index in [4.69, 9.17) is 9.47 Å². The second-order valence-electron chi connectivity index (χ2n) is 6.35. The van der Waals surface area contributed by atoms with Crippen molar-refractivity contribution in [2.24, 2.45) is 0 Å². The molecular weight excluding hydrogens is 358 g/mol. The van der Waals surface area contributed by atoms with Crippen LogP contribution in [0.4, 0.5) is 0 Å². The number of carbonyl (C=O) groups excluding carboxylic acids is 2. The third kappa shape index (κ3) is 12.4. The molecule has 158 valence electrons. The van der Waals surface area contributed by atoms with Crippen molar-refractivity contribution in [3.63, 3.8) is 0 Å². The summed E-state index contributed by atoms with van der Waals surface area (Å²) in [4.78, 5) is 23.9. The molecule has 2 N–H and O–H groups in total. The summed E-state index contributed by atoms with van der Waals surface area (Å²) in [6.07, 6.45) is 14.6. The quantitative estimate of drug-likeness (QED) is 0.210. The molecule has 0 bridgehead atoms. The van der Waals surface area contributed by atoms with E-state index in [9.17, 15) is 9.59 Å². The van der Waals surface area contributed by atoms with Gasteiger partial charge in [-0.05, 0) is 32.0 Å². The molecule has 0 saturated carbocycles. The Kier molecular flexibility index (Phi) is 14.8. The lowest BCUT2D eigenvalue weighted by atomic mass is 10.3. The molecule has 7 heteroatoms. The number of nitrogens with one attached hydrogen (secondary N) is 2. The van der Waals surface area contributed by atoms with Gasteiger partial charge in [0.1, 0.15) is 0 Å². The Morgan fingerprint density at radius 2 is 1.68 bits per heavy atom. The van der Waals surface area contributed by atoms with E-state index in [1.807, 2.05) is 12.3 Å². The Morgan fingerprint density at radius 1 is 0.929 bits per heavy atom. The van der Waals surface area contributed by atoms with E-state index in [0.717, 1.165) is 19.5 Å². The summed E-state index contributed by atoms with van der Waals surface area (Å²) in [5.74, 6) is -0.477. The predicted molar refractivity (Wildman–Crippen MR) is 111 cm³/mol. The molecule has 28 heavy (non-hydrogen) atoms. The molecule has 2 amide bonds. The molecule has 1 aliphatic heterocycles. The van der Waals surface area contributed by atoms with Gasteiger partial charge in [-0.1, -0.05) is 31.6 Å². The second-order valence-corrected chi connectivity index (χ2v) is 6.35. The van der Waals surface area contributed by atoms with Gasteiger partial charge in [0, 0.05) is 31.8 Å². The van der Waals surface area contributed by atoms with E-state index in [2.05, 4.69) is 29.7 Å². The molecule has 1 heterocycles. The Labute approximate surface area is 168 Å². The van der Waals surface area contributed by atoms with Crippen molar-refractivity contribution in [3.8, 4) is 0 Å². The lowest BCUT2D eigenvalue weighted by Crippen LogP contribution is -2.30. The van der Waals surface area contributed by atoms with E-state index in [1.54, 1.807) is 0 Å². The summed E-state index contributed by atoms with van der Waals surface area (Å²) in [6, 6.07) is 0. The first-order chi connectivity index (χ1) is 13.8. The van der Waals surface area contributed by atoms with Crippen molar-refractivity contribution in [3.05, 3.63) is 36.6 Å². The molecule has 0 aromatic carbocycles.